The summed E-state index contributed by atoms with van der Waals surface area (Å²) in [5.41, 5.74) is 1.73. The zero-order valence-electron chi connectivity index (χ0n) is 10.8. The first kappa shape index (κ1) is 15.0. The summed E-state index contributed by atoms with van der Waals surface area (Å²) in [6, 6.07) is 7.22. The SMILES string of the molecule is CCCCc1ccc(C(CC(F)(F)F)OC)cc1. The second kappa shape index (κ2) is 6.78. The van der Waals surface area contributed by atoms with Gasteiger partial charge in [-0.1, -0.05) is 37.6 Å². The number of hydrogen-bond acceptors (Lipinski definition) is 1. The topological polar surface area (TPSA) is 9.23 Å². The molecule has 0 radical (unpaired) electrons. The van der Waals surface area contributed by atoms with Crippen LogP contribution in [0.4, 0.5) is 13.2 Å². The van der Waals surface area contributed by atoms with Crippen molar-refractivity contribution in [2.75, 3.05) is 7.11 Å². The molecule has 4 heteroatoms. The van der Waals surface area contributed by atoms with E-state index in [0.717, 1.165) is 24.8 Å². The number of halogens is 3. The van der Waals surface area contributed by atoms with Crippen LogP contribution in [0.5, 0.6) is 0 Å². The second-order valence-corrected chi connectivity index (χ2v) is 4.39. The Bertz CT molecular complexity index is 343. The van der Waals surface area contributed by atoms with Crippen molar-refractivity contribution in [2.45, 2.75) is 44.9 Å². The van der Waals surface area contributed by atoms with Gasteiger partial charge in [0.1, 0.15) is 0 Å². The van der Waals surface area contributed by atoms with Crippen molar-refractivity contribution in [2.24, 2.45) is 0 Å². The fourth-order valence-electron chi connectivity index (χ4n) is 1.83. The molecule has 0 aromatic heterocycles. The molecule has 0 aliphatic heterocycles. The van der Waals surface area contributed by atoms with Crippen molar-refractivity contribution in [1.29, 1.82) is 0 Å². The molecule has 1 unspecified atom stereocenters. The van der Waals surface area contributed by atoms with Gasteiger partial charge in [0.25, 0.3) is 0 Å². The number of rotatable bonds is 6. The Hall–Kier alpha value is -1.03. The summed E-state index contributed by atoms with van der Waals surface area (Å²) >= 11 is 0. The normalized spacial score (nSPS) is 13.6. The first-order valence-corrected chi connectivity index (χ1v) is 6.14. The molecule has 18 heavy (non-hydrogen) atoms. The first-order valence-electron chi connectivity index (χ1n) is 6.14. The highest BCUT2D eigenvalue weighted by molar-refractivity contribution is 5.24. The average molecular weight is 260 g/mol. The van der Waals surface area contributed by atoms with Crippen molar-refractivity contribution >= 4 is 0 Å². The third-order valence-electron chi connectivity index (χ3n) is 2.87. The number of hydrogen-bond donors (Lipinski definition) is 0. The summed E-state index contributed by atoms with van der Waals surface area (Å²) in [6.07, 6.45) is -2.90. The van der Waals surface area contributed by atoms with Gasteiger partial charge in [-0.05, 0) is 24.0 Å². The van der Waals surface area contributed by atoms with Gasteiger partial charge in [0.2, 0.25) is 0 Å². The summed E-state index contributed by atoms with van der Waals surface area (Å²) in [6.45, 7) is 2.11. The number of ether oxygens (including phenoxy) is 1. The highest BCUT2D eigenvalue weighted by atomic mass is 19.4. The van der Waals surface area contributed by atoms with E-state index in [1.807, 2.05) is 12.1 Å². The maximum absolute atomic E-state index is 12.3. The van der Waals surface area contributed by atoms with Gasteiger partial charge in [0.05, 0.1) is 12.5 Å². The third kappa shape index (κ3) is 5.08. The van der Waals surface area contributed by atoms with Gasteiger partial charge in [0.15, 0.2) is 0 Å². The van der Waals surface area contributed by atoms with Crippen LogP contribution in [0.25, 0.3) is 0 Å². The fourth-order valence-corrected chi connectivity index (χ4v) is 1.83. The smallest absolute Gasteiger partial charge is 0.376 e. The van der Waals surface area contributed by atoms with Crippen molar-refractivity contribution in [3.8, 4) is 0 Å². The van der Waals surface area contributed by atoms with E-state index in [2.05, 4.69) is 6.92 Å². The number of benzene rings is 1. The lowest BCUT2D eigenvalue weighted by molar-refractivity contribution is -0.158. The lowest BCUT2D eigenvalue weighted by Crippen LogP contribution is -2.15. The molecule has 0 spiro atoms. The van der Waals surface area contributed by atoms with E-state index < -0.39 is 18.7 Å². The quantitative estimate of drug-likeness (QED) is 0.722. The lowest BCUT2D eigenvalue weighted by Gasteiger charge is -2.17. The minimum Gasteiger partial charge on any atom is -0.376 e. The molecule has 0 amide bonds. The number of aryl methyl sites for hydroxylation is 1. The van der Waals surface area contributed by atoms with E-state index in [-0.39, 0.29) is 0 Å². The molecule has 0 saturated carbocycles. The van der Waals surface area contributed by atoms with Crippen molar-refractivity contribution in [3.05, 3.63) is 35.4 Å². The van der Waals surface area contributed by atoms with E-state index in [0.29, 0.717) is 5.56 Å². The van der Waals surface area contributed by atoms with Crippen molar-refractivity contribution in [3.63, 3.8) is 0 Å². The summed E-state index contributed by atoms with van der Waals surface area (Å²) in [5.74, 6) is 0. The van der Waals surface area contributed by atoms with Crippen molar-refractivity contribution in [1.82, 2.24) is 0 Å². The van der Waals surface area contributed by atoms with Gasteiger partial charge in [-0.25, -0.2) is 0 Å². The molecule has 0 fully saturated rings. The van der Waals surface area contributed by atoms with Crippen LogP contribution in [0.2, 0.25) is 0 Å². The highest BCUT2D eigenvalue weighted by Crippen LogP contribution is 2.31. The van der Waals surface area contributed by atoms with Gasteiger partial charge >= 0.3 is 6.18 Å². The zero-order chi connectivity index (χ0) is 13.6. The van der Waals surface area contributed by atoms with Gasteiger partial charge < -0.3 is 4.74 Å². The minimum absolute atomic E-state index is 0.579. The van der Waals surface area contributed by atoms with Crippen LogP contribution < -0.4 is 0 Å². The van der Waals surface area contributed by atoms with E-state index in [1.165, 1.54) is 7.11 Å². The first-order chi connectivity index (χ1) is 8.46. The fraction of sp³-hybridized carbons (Fsp3) is 0.571. The van der Waals surface area contributed by atoms with Crippen LogP contribution in [0.15, 0.2) is 24.3 Å². The minimum atomic E-state index is -4.21. The monoisotopic (exact) mass is 260 g/mol. The summed E-state index contributed by atoms with van der Waals surface area (Å²) in [5, 5.41) is 0. The molecule has 1 aromatic carbocycles. The number of methoxy groups -OCH3 is 1. The van der Waals surface area contributed by atoms with Gasteiger partial charge in [0, 0.05) is 7.11 Å². The summed E-state index contributed by atoms with van der Waals surface area (Å²) in [7, 11) is 1.31. The molecular weight excluding hydrogens is 241 g/mol. The maximum Gasteiger partial charge on any atom is 0.391 e. The van der Waals surface area contributed by atoms with Crippen molar-refractivity contribution < 1.29 is 17.9 Å². The Morgan fingerprint density at radius 2 is 1.78 bits per heavy atom. The van der Waals surface area contributed by atoms with E-state index in [9.17, 15) is 13.2 Å². The van der Waals surface area contributed by atoms with Crippen LogP contribution in [0.3, 0.4) is 0 Å². The van der Waals surface area contributed by atoms with Crippen LogP contribution in [0, 0.1) is 0 Å². The molecule has 102 valence electrons. The molecule has 1 nitrogen and oxygen atoms in total. The largest absolute Gasteiger partial charge is 0.391 e. The molecule has 1 rings (SSSR count). The van der Waals surface area contributed by atoms with E-state index in [1.54, 1.807) is 12.1 Å². The Balaban J connectivity index is 2.69. The van der Waals surface area contributed by atoms with Crippen LogP contribution >= 0.6 is 0 Å². The Labute approximate surface area is 106 Å². The molecule has 0 N–H and O–H groups in total. The number of alkyl halides is 3. The predicted molar refractivity (Wildman–Crippen MR) is 65.5 cm³/mol. The second-order valence-electron chi connectivity index (χ2n) is 4.39. The van der Waals surface area contributed by atoms with Gasteiger partial charge in [-0.2, -0.15) is 13.2 Å². The highest BCUT2D eigenvalue weighted by Gasteiger charge is 2.32. The number of unbranched alkanes of at least 4 members (excludes halogenated alkanes) is 1. The van der Waals surface area contributed by atoms with E-state index in [4.69, 9.17) is 4.74 Å². The molecule has 0 aliphatic rings. The Morgan fingerprint density at radius 3 is 2.22 bits per heavy atom. The van der Waals surface area contributed by atoms with E-state index >= 15 is 0 Å². The molecule has 0 aliphatic carbocycles. The standard InChI is InChI=1S/C14H19F3O/c1-3-4-5-11-6-8-12(9-7-11)13(18-2)10-14(15,16)17/h6-9,13H,3-5,10H2,1-2H3. The third-order valence-corrected chi connectivity index (χ3v) is 2.87. The molecule has 0 saturated heterocycles. The lowest BCUT2D eigenvalue weighted by atomic mass is 10.0. The van der Waals surface area contributed by atoms with Crippen LogP contribution in [0.1, 0.15) is 43.4 Å². The summed E-state index contributed by atoms with van der Waals surface area (Å²) in [4.78, 5) is 0. The molecular formula is C14H19F3O. The molecule has 0 heterocycles. The van der Waals surface area contributed by atoms with Crippen LogP contribution in [-0.2, 0) is 11.2 Å². The van der Waals surface area contributed by atoms with Gasteiger partial charge in [-0.3, -0.25) is 0 Å². The Morgan fingerprint density at radius 1 is 1.17 bits per heavy atom. The maximum atomic E-state index is 12.3. The molecule has 1 atom stereocenters. The molecule has 1 aromatic rings. The zero-order valence-corrected chi connectivity index (χ0v) is 10.8. The van der Waals surface area contributed by atoms with Gasteiger partial charge in [-0.15, -0.1) is 0 Å². The predicted octanol–water partition coefficient (Wildman–Crippen LogP) is 4.67. The van der Waals surface area contributed by atoms with Crippen LogP contribution in [-0.4, -0.2) is 13.3 Å². The average Bonchev–Trinajstić information content (AvgIpc) is 2.33. The summed E-state index contributed by atoms with van der Waals surface area (Å²) < 4.78 is 41.9. The Kier molecular flexibility index (Phi) is 5.66. The molecule has 0 bridgehead atoms.